The molecular weight excluding hydrogens is 433 g/mol. The van der Waals surface area contributed by atoms with Gasteiger partial charge in [-0.2, -0.15) is 0 Å². The van der Waals surface area contributed by atoms with Crippen molar-refractivity contribution >= 4 is 29.1 Å². The molecule has 168 valence electrons. The summed E-state index contributed by atoms with van der Waals surface area (Å²) in [5.41, 5.74) is 1.15. The number of nitrogens with one attached hydrogen (secondary N) is 1. The van der Waals surface area contributed by atoms with Crippen molar-refractivity contribution in [2.45, 2.75) is 44.3 Å². The van der Waals surface area contributed by atoms with Gasteiger partial charge in [0.05, 0.1) is 5.25 Å². The molecule has 1 aromatic heterocycles. The topological polar surface area (TPSA) is 94.3 Å². The molecule has 0 spiro atoms. The largest absolute Gasteiger partial charge is 0.481 e. The highest BCUT2D eigenvalue weighted by atomic mass is 32.2. The number of Topliss-reactive ketones (excluding diaryl/α,β-unsaturated/α-hetero) is 1. The Kier molecular flexibility index (Phi) is 7.63. The van der Waals surface area contributed by atoms with Crippen LogP contribution in [0.4, 0.5) is 10.1 Å². The number of aromatic nitrogens is 2. The number of hydrogen-bond donors (Lipinski definition) is 1. The van der Waals surface area contributed by atoms with Crippen molar-refractivity contribution in [3.63, 3.8) is 0 Å². The van der Waals surface area contributed by atoms with E-state index in [0.717, 1.165) is 11.8 Å². The third-order valence-corrected chi connectivity index (χ3v) is 5.44. The van der Waals surface area contributed by atoms with Crippen molar-refractivity contribution < 1.29 is 23.1 Å². The highest BCUT2D eigenvalue weighted by molar-refractivity contribution is 8.00. The van der Waals surface area contributed by atoms with Crippen LogP contribution >= 0.6 is 11.8 Å². The van der Waals surface area contributed by atoms with E-state index in [1.54, 1.807) is 38.1 Å². The molecule has 7 nitrogen and oxygen atoms in total. The molecule has 0 fully saturated rings. The number of nitrogens with zero attached hydrogens (tertiary/aromatic N) is 2. The van der Waals surface area contributed by atoms with E-state index in [2.05, 4.69) is 15.5 Å². The molecule has 3 rings (SSSR count). The zero-order chi connectivity index (χ0) is 23.3. The first-order chi connectivity index (χ1) is 15.2. The Morgan fingerprint density at radius 3 is 2.28 bits per heavy atom. The lowest BCUT2D eigenvalue weighted by Gasteiger charge is -2.11. The van der Waals surface area contributed by atoms with Crippen molar-refractivity contribution in [3.8, 4) is 5.75 Å². The van der Waals surface area contributed by atoms with Gasteiger partial charge in [0.1, 0.15) is 11.6 Å². The number of ether oxygens (including phenoxy) is 1. The second kappa shape index (κ2) is 10.4. The van der Waals surface area contributed by atoms with Crippen LogP contribution in [0.3, 0.4) is 0 Å². The predicted octanol–water partition coefficient (Wildman–Crippen LogP) is 5.31. The van der Waals surface area contributed by atoms with Gasteiger partial charge in [-0.05, 0) is 62.4 Å². The van der Waals surface area contributed by atoms with E-state index in [4.69, 9.17) is 9.15 Å². The van der Waals surface area contributed by atoms with E-state index in [-0.39, 0.29) is 34.5 Å². The Labute approximate surface area is 189 Å². The molecule has 2 atom stereocenters. The van der Waals surface area contributed by atoms with Crippen LogP contribution in [-0.4, -0.2) is 27.1 Å². The molecule has 0 bridgehead atoms. The quantitative estimate of drug-likeness (QED) is 0.344. The molecule has 0 aliphatic carbocycles. The highest BCUT2D eigenvalue weighted by Gasteiger charge is 2.22. The van der Waals surface area contributed by atoms with Crippen molar-refractivity contribution in [3.05, 3.63) is 65.8 Å². The summed E-state index contributed by atoms with van der Waals surface area (Å²) in [5, 5.41) is 10.5. The number of amides is 1. The van der Waals surface area contributed by atoms with Gasteiger partial charge in [0.2, 0.25) is 5.91 Å². The number of carbonyl (C=O) groups is 2. The van der Waals surface area contributed by atoms with Gasteiger partial charge in [-0.15, -0.1) is 10.2 Å². The lowest BCUT2D eigenvalue weighted by Crippen LogP contribution is -2.18. The van der Waals surface area contributed by atoms with Crippen molar-refractivity contribution in [1.82, 2.24) is 10.2 Å². The van der Waals surface area contributed by atoms with Crippen LogP contribution in [0.15, 0.2) is 58.2 Å². The molecule has 0 saturated heterocycles. The number of halogens is 1. The van der Waals surface area contributed by atoms with Gasteiger partial charge in [0.25, 0.3) is 11.1 Å². The van der Waals surface area contributed by atoms with Crippen molar-refractivity contribution in [2.75, 3.05) is 5.32 Å². The molecular formula is C23H24FN3O4S. The van der Waals surface area contributed by atoms with Crippen molar-refractivity contribution in [2.24, 2.45) is 5.92 Å². The highest BCUT2D eigenvalue weighted by Crippen LogP contribution is 2.28. The van der Waals surface area contributed by atoms with Crippen LogP contribution < -0.4 is 10.1 Å². The van der Waals surface area contributed by atoms with E-state index in [9.17, 15) is 14.0 Å². The van der Waals surface area contributed by atoms with E-state index in [0.29, 0.717) is 17.0 Å². The van der Waals surface area contributed by atoms with Gasteiger partial charge >= 0.3 is 0 Å². The fourth-order valence-electron chi connectivity index (χ4n) is 2.64. The number of rotatable bonds is 9. The molecule has 0 radical (unpaired) electrons. The van der Waals surface area contributed by atoms with Crippen LogP contribution in [0.25, 0.3) is 0 Å². The summed E-state index contributed by atoms with van der Waals surface area (Å²) >= 11 is 1.15. The average molecular weight is 458 g/mol. The molecule has 0 saturated carbocycles. The Morgan fingerprint density at radius 2 is 1.66 bits per heavy atom. The standard InChI is InChI=1S/C23H24FN3O4S/c1-13(2)21(29)25-18-9-5-16(6-10-18)20(28)15(4)32-23-27-26-22(31-23)14(3)30-19-11-7-17(24)8-12-19/h5-15H,1-4H3,(H,25,29)/t14-,15-/m0/s1. The van der Waals surface area contributed by atoms with Gasteiger partial charge in [-0.1, -0.05) is 25.6 Å². The van der Waals surface area contributed by atoms with Gasteiger partial charge in [-0.3, -0.25) is 9.59 Å². The van der Waals surface area contributed by atoms with E-state index >= 15 is 0 Å². The van der Waals surface area contributed by atoms with E-state index < -0.39 is 11.4 Å². The van der Waals surface area contributed by atoms with Gasteiger partial charge < -0.3 is 14.5 Å². The Morgan fingerprint density at radius 1 is 1.00 bits per heavy atom. The summed E-state index contributed by atoms with van der Waals surface area (Å²) in [5.74, 6) is 0.0560. The minimum Gasteiger partial charge on any atom is -0.481 e. The first-order valence-electron chi connectivity index (χ1n) is 10.1. The molecule has 2 aromatic carbocycles. The SMILES string of the molecule is CC(C)C(=O)Nc1ccc(C(=O)[C@H](C)Sc2nnc([C@H](C)Oc3ccc(F)cc3)o2)cc1. The number of ketones is 1. The minimum absolute atomic E-state index is 0.0853. The minimum atomic E-state index is -0.540. The Hall–Kier alpha value is -3.20. The molecule has 0 unspecified atom stereocenters. The molecule has 0 aliphatic rings. The summed E-state index contributed by atoms with van der Waals surface area (Å²) < 4.78 is 24.3. The number of thioether (sulfide) groups is 1. The monoisotopic (exact) mass is 457 g/mol. The van der Waals surface area contributed by atoms with Crippen LogP contribution in [0, 0.1) is 11.7 Å². The average Bonchev–Trinajstić information content (AvgIpc) is 3.24. The normalized spacial score (nSPS) is 12.9. The molecule has 1 amide bonds. The second-order valence-electron chi connectivity index (χ2n) is 7.47. The first-order valence-corrected chi connectivity index (χ1v) is 11.0. The fourth-order valence-corrected chi connectivity index (χ4v) is 3.41. The maximum atomic E-state index is 13.0. The smallest absolute Gasteiger partial charge is 0.277 e. The fraction of sp³-hybridized carbons (Fsp3) is 0.304. The molecule has 9 heteroatoms. The Balaban J connectivity index is 1.58. The van der Waals surface area contributed by atoms with Crippen LogP contribution in [-0.2, 0) is 4.79 Å². The third-order valence-electron chi connectivity index (χ3n) is 4.50. The molecule has 1 N–H and O–H groups in total. The van der Waals surface area contributed by atoms with Gasteiger partial charge in [0.15, 0.2) is 11.9 Å². The first kappa shape index (κ1) is 23.5. The number of benzene rings is 2. The second-order valence-corrected chi connectivity index (χ2v) is 8.76. The van der Waals surface area contributed by atoms with Gasteiger partial charge in [-0.25, -0.2) is 4.39 Å². The number of carbonyl (C=O) groups excluding carboxylic acids is 2. The summed E-state index contributed by atoms with van der Waals surface area (Å²) in [6.45, 7) is 7.11. The van der Waals surface area contributed by atoms with Crippen LogP contribution in [0.2, 0.25) is 0 Å². The third kappa shape index (κ3) is 6.16. The van der Waals surface area contributed by atoms with Gasteiger partial charge in [0, 0.05) is 17.2 Å². The van der Waals surface area contributed by atoms with Crippen LogP contribution in [0.5, 0.6) is 5.75 Å². The van der Waals surface area contributed by atoms with Crippen molar-refractivity contribution in [1.29, 1.82) is 0 Å². The van der Waals surface area contributed by atoms with Crippen LogP contribution in [0.1, 0.15) is 50.0 Å². The van der Waals surface area contributed by atoms with E-state index in [1.165, 1.54) is 24.3 Å². The maximum Gasteiger partial charge on any atom is 0.277 e. The molecule has 0 aliphatic heterocycles. The number of anilines is 1. The zero-order valence-electron chi connectivity index (χ0n) is 18.2. The predicted molar refractivity (Wildman–Crippen MR) is 119 cm³/mol. The van der Waals surface area contributed by atoms with E-state index in [1.807, 2.05) is 13.8 Å². The maximum absolute atomic E-state index is 13.0. The lowest BCUT2D eigenvalue weighted by molar-refractivity contribution is -0.118. The zero-order valence-corrected chi connectivity index (χ0v) is 19.0. The molecule has 3 aromatic rings. The summed E-state index contributed by atoms with van der Waals surface area (Å²) in [4.78, 5) is 24.5. The number of hydrogen-bond acceptors (Lipinski definition) is 7. The molecule has 32 heavy (non-hydrogen) atoms. The summed E-state index contributed by atoms with van der Waals surface area (Å²) in [6.07, 6.45) is -0.540. The summed E-state index contributed by atoms with van der Waals surface area (Å²) in [6, 6.07) is 12.4. The Bertz CT molecular complexity index is 1070. The lowest BCUT2D eigenvalue weighted by atomic mass is 10.1. The summed E-state index contributed by atoms with van der Waals surface area (Å²) in [7, 11) is 0. The molecule has 1 heterocycles.